The van der Waals surface area contributed by atoms with E-state index in [1.807, 2.05) is 0 Å². The van der Waals surface area contributed by atoms with Gasteiger partial charge in [0.2, 0.25) is 0 Å². The fourth-order valence-corrected chi connectivity index (χ4v) is 2.06. The van der Waals surface area contributed by atoms with E-state index in [1.54, 1.807) is 5.70 Å². The van der Waals surface area contributed by atoms with Gasteiger partial charge in [0.25, 0.3) is 0 Å². The van der Waals surface area contributed by atoms with Gasteiger partial charge >= 0.3 is 8.80 Å². The van der Waals surface area contributed by atoms with Crippen LogP contribution in [0.15, 0.2) is 11.2 Å². The lowest BCUT2D eigenvalue weighted by atomic mass is 11.3. The Balaban J connectivity index is 4.15. The van der Waals surface area contributed by atoms with Crippen molar-refractivity contribution in [3.63, 3.8) is 0 Å². The molecule has 0 unspecified atom stereocenters. The molecule has 0 heterocycles. The van der Waals surface area contributed by atoms with Gasteiger partial charge in [-0.1, -0.05) is 11.6 Å². The molecule has 0 spiro atoms. The summed E-state index contributed by atoms with van der Waals surface area (Å²) in [6, 6.07) is 0. The van der Waals surface area contributed by atoms with Crippen molar-refractivity contribution in [1.82, 2.24) is 0 Å². The van der Waals surface area contributed by atoms with E-state index < -0.39 is 8.80 Å². The van der Waals surface area contributed by atoms with Crippen molar-refractivity contribution < 1.29 is 13.3 Å². The van der Waals surface area contributed by atoms with Crippen molar-refractivity contribution in [3.8, 4) is 0 Å². The predicted octanol–water partition coefficient (Wildman–Crippen LogP) is 1.16. The number of hydrogen-bond acceptors (Lipinski definition) is 3. The molecular formula is C5H11ClO3Si. The van der Waals surface area contributed by atoms with Crippen LogP contribution in [0.5, 0.6) is 0 Å². The maximum absolute atomic E-state index is 5.34. The molecule has 0 aliphatic heterocycles. The minimum Gasteiger partial charge on any atom is -0.374 e. The van der Waals surface area contributed by atoms with Crippen molar-refractivity contribution >= 4 is 20.4 Å². The summed E-state index contributed by atoms with van der Waals surface area (Å²) in [6.45, 7) is 0. The first kappa shape index (κ1) is 10.1. The molecule has 0 atom stereocenters. The van der Waals surface area contributed by atoms with Gasteiger partial charge in [-0.25, -0.2) is 0 Å². The van der Waals surface area contributed by atoms with Crippen LogP contribution >= 0.6 is 11.6 Å². The summed E-state index contributed by atoms with van der Waals surface area (Å²) in [6.07, 6.45) is 0. The molecule has 0 aromatic carbocycles. The molecule has 0 aromatic rings. The molecule has 60 valence electrons. The zero-order valence-electron chi connectivity index (χ0n) is 6.26. The average molecular weight is 183 g/mol. The third-order valence-electron chi connectivity index (χ3n) is 1.12. The first-order valence-corrected chi connectivity index (χ1v) is 4.92. The summed E-state index contributed by atoms with van der Waals surface area (Å²) in [4.78, 5) is 0. The largest absolute Gasteiger partial charge is 0.529 e. The van der Waals surface area contributed by atoms with E-state index in [9.17, 15) is 0 Å². The Kier molecular flexibility index (Phi) is 4.93. The predicted molar refractivity (Wildman–Crippen MR) is 41.8 cm³/mol. The van der Waals surface area contributed by atoms with Crippen LogP contribution in [0.25, 0.3) is 0 Å². The van der Waals surface area contributed by atoms with Crippen LogP contribution in [-0.4, -0.2) is 30.1 Å². The molecule has 0 saturated carbocycles. The molecule has 5 heteroatoms. The van der Waals surface area contributed by atoms with Gasteiger partial charge in [0, 0.05) is 26.9 Å². The third kappa shape index (κ3) is 2.40. The molecule has 0 bridgehead atoms. The van der Waals surface area contributed by atoms with Gasteiger partial charge in [-0.2, -0.15) is 0 Å². The molecule has 0 radical (unpaired) electrons. The highest BCUT2D eigenvalue weighted by molar-refractivity contribution is 6.67. The van der Waals surface area contributed by atoms with E-state index in [2.05, 4.69) is 0 Å². The molecule has 3 nitrogen and oxygen atoms in total. The Morgan fingerprint density at radius 3 is 1.60 bits per heavy atom. The highest BCUT2D eigenvalue weighted by Crippen LogP contribution is 2.07. The van der Waals surface area contributed by atoms with Crippen LogP contribution in [-0.2, 0) is 13.3 Å². The maximum Gasteiger partial charge on any atom is 0.529 e. The molecule has 0 fully saturated rings. The van der Waals surface area contributed by atoms with Crippen LogP contribution in [0.1, 0.15) is 0 Å². The minimum atomic E-state index is -2.53. The van der Waals surface area contributed by atoms with Gasteiger partial charge in [-0.15, -0.1) is 0 Å². The Hall–Kier alpha value is 0.127. The van der Waals surface area contributed by atoms with Gasteiger partial charge in [-0.3, -0.25) is 0 Å². The van der Waals surface area contributed by atoms with E-state index in [-0.39, 0.29) is 0 Å². The van der Waals surface area contributed by atoms with Crippen molar-refractivity contribution in [2.45, 2.75) is 0 Å². The first-order valence-electron chi connectivity index (χ1n) is 2.68. The zero-order valence-corrected chi connectivity index (χ0v) is 8.01. The highest BCUT2D eigenvalue weighted by Gasteiger charge is 2.34. The second-order valence-electron chi connectivity index (χ2n) is 1.51. The molecule has 0 aliphatic carbocycles. The first-order chi connectivity index (χ1) is 4.74. The number of hydrogen-bond donors (Lipinski definition) is 0. The number of rotatable bonds is 4. The smallest absolute Gasteiger partial charge is 0.374 e. The van der Waals surface area contributed by atoms with Crippen LogP contribution < -0.4 is 0 Å². The Morgan fingerprint density at radius 2 is 1.50 bits per heavy atom. The monoisotopic (exact) mass is 182 g/mol. The Morgan fingerprint density at radius 1 is 1.10 bits per heavy atom. The normalized spacial score (nSPS) is 12.8. The lowest BCUT2D eigenvalue weighted by molar-refractivity contribution is 0.138. The topological polar surface area (TPSA) is 27.7 Å². The maximum atomic E-state index is 5.34. The van der Waals surface area contributed by atoms with E-state index in [4.69, 9.17) is 24.9 Å². The average Bonchev–Trinajstić information content (AvgIpc) is 2.01. The van der Waals surface area contributed by atoms with Crippen LogP contribution in [0.4, 0.5) is 0 Å². The van der Waals surface area contributed by atoms with Gasteiger partial charge in [-0.05, 0) is 5.70 Å². The fraction of sp³-hybridized carbons (Fsp3) is 0.600. The zero-order chi connectivity index (χ0) is 8.04. The standard InChI is InChI=1S/C5H11ClO3Si/c1-7-10(8-2,9-3)5-4-6/h4-5H,1-3H3. The quantitative estimate of drug-likeness (QED) is 0.611. The summed E-state index contributed by atoms with van der Waals surface area (Å²) < 4.78 is 15.0. The van der Waals surface area contributed by atoms with Crippen LogP contribution in [0.2, 0.25) is 0 Å². The summed E-state index contributed by atoms with van der Waals surface area (Å²) >= 11 is 5.34. The minimum absolute atomic E-state index is 1.34. The molecule has 0 aliphatic rings. The van der Waals surface area contributed by atoms with Gasteiger partial charge in [0.05, 0.1) is 0 Å². The van der Waals surface area contributed by atoms with E-state index in [1.165, 1.54) is 26.9 Å². The molecular weight excluding hydrogens is 172 g/mol. The summed E-state index contributed by atoms with van der Waals surface area (Å²) in [5.41, 5.74) is 2.93. The Labute approximate surface area is 66.9 Å². The van der Waals surface area contributed by atoms with Crippen molar-refractivity contribution in [2.24, 2.45) is 0 Å². The molecule has 0 rings (SSSR count). The summed E-state index contributed by atoms with van der Waals surface area (Å²) in [5.74, 6) is 0. The molecule has 0 amide bonds. The van der Waals surface area contributed by atoms with Crippen molar-refractivity contribution in [3.05, 3.63) is 11.2 Å². The molecule has 0 N–H and O–H groups in total. The highest BCUT2D eigenvalue weighted by atomic mass is 35.5. The van der Waals surface area contributed by atoms with E-state index in [0.717, 1.165) is 0 Å². The van der Waals surface area contributed by atoms with Crippen LogP contribution in [0, 0.1) is 0 Å². The van der Waals surface area contributed by atoms with Gasteiger partial charge < -0.3 is 13.3 Å². The SMILES string of the molecule is CO[Si](C=CCl)(OC)OC. The second kappa shape index (κ2) is 4.87. The lowest BCUT2D eigenvalue weighted by Crippen LogP contribution is -2.40. The van der Waals surface area contributed by atoms with E-state index in [0.29, 0.717) is 0 Å². The van der Waals surface area contributed by atoms with Crippen molar-refractivity contribution in [1.29, 1.82) is 0 Å². The van der Waals surface area contributed by atoms with Crippen LogP contribution in [0.3, 0.4) is 0 Å². The molecule has 0 saturated heterocycles. The fourth-order valence-electron chi connectivity index (χ4n) is 0.531. The Bertz CT molecular complexity index is 105. The molecule has 10 heavy (non-hydrogen) atoms. The summed E-state index contributed by atoms with van der Waals surface area (Å²) in [7, 11) is 2.04. The van der Waals surface area contributed by atoms with Gasteiger partial charge in [0.1, 0.15) is 0 Å². The third-order valence-corrected chi connectivity index (χ3v) is 3.74. The molecule has 0 aromatic heterocycles. The van der Waals surface area contributed by atoms with Gasteiger partial charge in [0.15, 0.2) is 0 Å². The number of halogens is 1. The second-order valence-corrected chi connectivity index (χ2v) is 4.53. The van der Waals surface area contributed by atoms with Crippen molar-refractivity contribution in [2.75, 3.05) is 21.3 Å². The van der Waals surface area contributed by atoms with E-state index >= 15 is 0 Å². The summed E-state index contributed by atoms with van der Waals surface area (Å²) in [5, 5.41) is 0. The lowest BCUT2D eigenvalue weighted by Gasteiger charge is -2.19.